The van der Waals surface area contributed by atoms with Crippen LogP contribution in [0.15, 0.2) is 12.1 Å². The van der Waals surface area contributed by atoms with Crippen molar-refractivity contribution in [3.05, 3.63) is 29.1 Å². The third-order valence-electron chi connectivity index (χ3n) is 2.28. The van der Waals surface area contributed by atoms with E-state index < -0.39 is 0 Å². The SMILES string of the molecule is Cc1cc(OC2COC2)c(C#N)cc1F. The highest BCUT2D eigenvalue weighted by Gasteiger charge is 2.21. The highest BCUT2D eigenvalue weighted by atomic mass is 19.1. The van der Waals surface area contributed by atoms with Gasteiger partial charge in [0.1, 0.15) is 23.7 Å². The van der Waals surface area contributed by atoms with Crippen LogP contribution in [0.2, 0.25) is 0 Å². The molecule has 1 heterocycles. The number of ether oxygens (including phenoxy) is 2. The summed E-state index contributed by atoms with van der Waals surface area (Å²) in [5.74, 6) is 0.0495. The Balaban J connectivity index is 2.28. The first-order chi connectivity index (χ1) is 7.20. The smallest absolute Gasteiger partial charge is 0.145 e. The van der Waals surface area contributed by atoms with E-state index in [0.29, 0.717) is 24.5 Å². The van der Waals surface area contributed by atoms with Crippen LogP contribution in [-0.2, 0) is 4.74 Å². The Labute approximate surface area is 87.0 Å². The van der Waals surface area contributed by atoms with Crippen LogP contribution in [0.1, 0.15) is 11.1 Å². The first kappa shape index (κ1) is 9.94. The highest BCUT2D eigenvalue weighted by molar-refractivity contribution is 5.45. The molecule has 0 spiro atoms. The lowest BCUT2D eigenvalue weighted by atomic mass is 10.1. The van der Waals surface area contributed by atoms with E-state index >= 15 is 0 Å². The Morgan fingerprint density at radius 2 is 2.27 bits per heavy atom. The fraction of sp³-hybridized carbons (Fsp3) is 0.364. The Morgan fingerprint density at radius 3 is 2.80 bits per heavy atom. The maximum atomic E-state index is 13.1. The minimum Gasteiger partial charge on any atom is -0.484 e. The molecule has 0 radical (unpaired) electrons. The Bertz CT molecular complexity index is 421. The van der Waals surface area contributed by atoms with E-state index in [4.69, 9.17) is 14.7 Å². The Morgan fingerprint density at radius 1 is 1.53 bits per heavy atom. The van der Waals surface area contributed by atoms with E-state index in [2.05, 4.69) is 0 Å². The largest absolute Gasteiger partial charge is 0.484 e. The lowest BCUT2D eigenvalue weighted by Gasteiger charge is -2.27. The number of halogens is 1. The van der Waals surface area contributed by atoms with E-state index in [1.807, 2.05) is 6.07 Å². The van der Waals surface area contributed by atoms with Crippen molar-refractivity contribution in [2.75, 3.05) is 13.2 Å². The quantitative estimate of drug-likeness (QED) is 0.742. The summed E-state index contributed by atoms with van der Waals surface area (Å²) in [5, 5.41) is 8.81. The summed E-state index contributed by atoms with van der Waals surface area (Å²) < 4.78 is 23.6. The van der Waals surface area contributed by atoms with E-state index in [0.717, 1.165) is 0 Å². The van der Waals surface area contributed by atoms with E-state index in [9.17, 15) is 4.39 Å². The lowest BCUT2D eigenvalue weighted by Crippen LogP contribution is -2.38. The predicted octanol–water partition coefficient (Wildman–Crippen LogP) is 1.78. The zero-order valence-corrected chi connectivity index (χ0v) is 8.29. The zero-order valence-electron chi connectivity index (χ0n) is 8.29. The molecule has 0 bridgehead atoms. The van der Waals surface area contributed by atoms with Crippen molar-refractivity contribution in [1.82, 2.24) is 0 Å². The molecule has 0 amide bonds. The molecule has 1 aliphatic heterocycles. The van der Waals surface area contributed by atoms with Crippen molar-refractivity contribution < 1.29 is 13.9 Å². The van der Waals surface area contributed by atoms with Crippen LogP contribution in [0.25, 0.3) is 0 Å². The summed E-state index contributed by atoms with van der Waals surface area (Å²) in [5.41, 5.74) is 0.703. The summed E-state index contributed by atoms with van der Waals surface area (Å²) in [6.07, 6.45) is -0.0121. The molecule has 0 aliphatic carbocycles. The van der Waals surface area contributed by atoms with Crippen LogP contribution < -0.4 is 4.74 Å². The van der Waals surface area contributed by atoms with Crippen molar-refractivity contribution in [2.45, 2.75) is 13.0 Å². The molecule has 2 rings (SSSR count). The van der Waals surface area contributed by atoms with Crippen molar-refractivity contribution in [1.29, 1.82) is 5.26 Å². The van der Waals surface area contributed by atoms with Crippen molar-refractivity contribution >= 4 is 0 Å². The van der Waals surface area contributed by atoms with Gasteiger partial charge >= 0.3 is 0 Å². The zero-order chi connectivity index (χ0) is 10.8. The normalized spacial score (nSPS) is 15.5. The average molecular weight is 207 g/mol. The highest BCUT2D eigenvalue weighted by Crippen LogP contribution is 2.24. The van der Waals surface area contributed by atoms with Crippen LogP contribution in [0.5, 0.6) is 5.75 Å². The monoisotopic (exact) mass is 207 g/mol. The molecule has 1 fully saturated rings. The van der Waals surface area contributed by atoms with E-state index in [1.165, 1.54) is 6.07 Å². The summed E-state index contributed by atoms with van der Waals surface area (Å²) in [7, 11) is 0. The molecule has 0 atom stereocenters. The Hall–Kier alpha value is -1.60. The summed E-state index contributed by atoms with van der Waals surface area (Å²) in [4.78, 5) is 0. The second kappa shape index (κ2) is 3.87. The van der Waals surface area contributed by atoms with Gasteiger partial charge in [0.25, 0.3) is 0 Å². The number of rotatable bonds is 2. The fourth-order valence-corrected chi connectivity index (χ4v) is 1.30. The topological polar surface area (TPSA) is 42.2 Å². The fourth-order valence-electron chi connectivity index (χ4n) is 1.30. The number of benzene rings is 1. The van der Waals surface area contributed by atoms with Crippen LogP contribution in [0.3, 0.4) is 0 Å². The molecule has 1 aromatic rings. The van der Waals surface area contributed by atoms with Gasteiger partial charge in [0.05, 0.1) is 18.8 Å². The number of hydrogen-bond acceptors (Lipinski definition) is 3. The molecular weight excluding hydrogens is 197 g/mol. The van der Waals surface area contributed by atoms with Crippen LogP contribution in [0, 0.1) is 24.1 Å². The first-order valence-electron chi connectivity index (χ1n) is 4.65. The summed E-state index contributed by atoms with van der Waals surface area (Å²) in [6.45, 7) is 2.70. The van der Waals surface area contributed by atoms with Crippen molar-refractivity contribution in [3.8, 4) is 11.8 Å². The van der Waals surface area contributed by atoms with Crippen molar-refractivity contribution in [3.63, 3.8) is 0 Å². The molecule has 15 heavy (non-hydrogen) atoms. The molecule has 0 N–H and O–H groups in total. The van der Waals surface area contributed by atoms with Gasteiger partial charge in [-0.3, -0.25) is 0 Å². The number of nitriles is 1. The number of nitrogens with zero attached hydrogens (tertiary/aromatic N) is 1. The van der Waals surface area contributed by atoms with E-state index in [1.54, 1.807) is 13.0 Å². The minimum atomic E-state index is -0.385. The molecule has 1 aliphatic rings. The third kappa shape index (κ3) is 1.92. The third-order valence-corrected chi connectivity index (χ3v) is 2.28. The molecule has 78 valence electrons. The van der Waals surface area contributed by atoms with Crippen LogP contribution in [-0.4, -0.2) is 19.3 Å². The second-order valence-electron chi connectivity index (χ2n) is 3.49. The number of hydrogen-bond donors (Lipinski definition) is 0. The molecule has 0 aromatic heterocycles. The van der Waals surface area contributed by atoms with Gasteiger partial charge in [-0.25, -0.2) is 4.39 Å². The van der Waals surface area contributed by atoms with Gasteiger partial charge in [0.2, 0.25) is 0 Å². The summed E-state index contributed by atoms with van der Waals surface area (Å²) in [6, 6.07) is 4.66. The lowest BCUT2D eigenvalue weighted by molar-refractivity contribution is -0.0798. The van der Waals surface area contributed by atoms with Gasteiger partial charge in [-0.2, -0.15) is 5.26 Å². The van der Waals surface area contributed by atoms with Crippen LogP contribution in [0.4, 0.5) is 4.39 Å². The average Bonchev–Trinajstić information content (AvgIpc) is 2.16. The van der Waals surface area contributed by atoms with E-state index in [-0.39, 0.29) is 17.5 Å². The van der Waals surface area contributed by atoms with Gasteiger partial charge < -0.3 is 9.47 Å². The summed E-state index contributed by atoms with van der Waals surface area (Å²) >= 11 is 0. The standard InChI is InChI=1S/C11H10FNO2/c1-7-2-11(15-9-5-14-6-9)8(4-13)3-10(7)12/h2-3,9H,5-6H2,1H3. The molecular formula is C11H10FNO2. The molecule has 3 nitrogen and oxygen atoms in total. The minimum absolute atomic E-state index is 0.0121. The first-order valence-corrected chi connectivity index (χ1v) is 4.65. The van der Waals surface area contributed by atoms with Gasteiger partial charge in [-0.1, -0.05) is 0 Å². The van der Waals surface area contributed by atoms with Crippen LogP contribution >= 0.6 is 0 Å². The predicted molar refractivity (Wildman–Crippen MR) is 51.1 cm³/mol. The molecule has 0 saturated carbocycles. The number of aryl methyl sites for hydroxylation is 1. The maximum Gasteiger partial charge on any atom is 0.145 e. The molecule has 0 unspecified atom stereocenters. The molecule has 4 heteroatoms. The second-order valence-corrected chi connectivity index (χ2v) is 3.49. The van der Waals surface area contributed by atoms with Gasteiger partial charge in [-0.05, 0) is 24.6 Å². The van der Waals surface area contributed by atoms with Gasteiger partial charge in [0.15, 0.2) is 0 Å². The van der Waals surface area contributed by atoms with Gasteiger partial charge in [0, 0.05) is 0 Å². The van der Waals surface area contributed by atoms with Crippen molar-refractivity contribution in [2.24, 2.45) is 0 Å². The molecule has 1 aromatic carbocycles. The Kier molecular flexibility index (Phi) is 2.57. The van der Waals surface area contributed by atoms with Gasteiger partial charge in [-0.15, -0.1) is 0 Å². The molecule has 1 saturated heterocycles. The maximum absolute atomic E-state index is 13.1.